The number of carbonyl (C=O) groups excluding carboxylic acids is 1. The number of amides is 1. The molecular weight excluding hydrogens is 214 g/mol. The van der Waals surface area contributed by atoms with Crippen molar-refractivity contribution in [1.29, 1.82) is 0 Å². The van der Waals surface area contributed by atoms with Crippen molar-refractivity contribution in [2.45, 2.75) is 26.2 Å². The highest BCUT2D eigenvalue weighted by Gasteiger charge is 2.27. The van der Waals surface area contributed by atoms with Crippen molar-refractivity contribution in [3.05, 3.63) is 0 Å². The number of hydrogen-bond donors (Lipinski definition) is 1. The lowest BCUT2D eigenvalue weighted by Gasteiger charge is -2.37. The van der Waals surface area contributed by atoms with Crippen LogP contribution in [-0.2, 0) is 4.79 Å². The Morgan fingerprint density at radius 3 is 2.65 bits per heavy atom. The minimum absolute atomic E-state index is 0.237. The number of rotatable bonds is 3. The molecule has 1 N–H and O–H groups in total. The van der Waals surface area contributed by atoms with Gasteiger partial charge in [-0.25, -0.2) is 0 Å². The highest BCUT2D eigenvalue weighted by Crippen LogP contribution is 2.15. The zero-order chi connectivity index (χ0) is 12.1. The average molecular weight is 239 g/mol. The maximum atomic E-state index is 12.3. The second-order valence-corrected chi connectivity index (χ2v) is 5.21. The minimum Gasteiger partial charge on any atom is -0.340 e. The average Bonchev–Trinajstić information content (AvgIpc) is 2.40. The summed E-state index contributed by atoms with van der Waals surface area (Å²) in [5, 5.41) is 3.33. The molecule has 0 bridgehead atoms. The standard InChI is InChI=1S/C13H25N3O/c1-2-6-15-7-9-16(10-8-15)13(17)12-4-3-5-14-11-12/h12,14H,2-11H2,1H3/t12-/m0/s1. The maximum absolute atomic E-state index is 12.3. The number of nitrogens with one attached hydrogen (secondary N) is 1. The number of piperazine rings is 1. The second-order valence-electron chi connectivity index (χ2n) is 5.21. The van der Waals surface area contributed by atoms with Crippen LogP contribution in [0.5, 0.6) is 0 Å². The molecule has 17 heavy (non-hydrogen) atoms. The Morgan fingerprint density at radius 2 is 2.06 bits per heavy atom. The first-order valence-corrected chi connectivity index (χ1v) is 7.03. The van der Waals surface area contributed by atoms with Crippen molar-refractivity contribution in [2.24, 2.45) is 5.92 Å². The van der Waals surface area contributed by atoms with E-state index < -0.39 is 0 Å². The van der Waals surface area contributed by atoms with Gasteiger partial charge in [0.05, 0.1) is 5.92 Å². The number of piperidine rings is 1. The second kappa shape index (κ2) is 6.36. The van der Waals surface area contributed by atoms with Gasteiger partial charge in [-0.1, -0.05) is 6.92 Å². The molecule has 0 saturated carbocycles. The van der Waals surface area contributed by atoms with Crippen LogP contribution in [0.2, 0.25) is 0 Å². The molecule has 4 heteroatoms. The number of carbonyl (C=O) groups is 1. The van der Waals surface area contributed by atoms with Crippen molar-refractivity contribution in [2.75, 3.05) is 45.8 Å². The van der Waals surface area contributed by atoms with Gasteiger partial charge in [0.15, 0.2) is 0 Å². The van der Waals surface area contributed by atoms with Crippen LogP contribution in [0.25, 0.3) is 0 Å². The van der Waals surface area contributed by atoms with E-state index >= 15 is 0 Å². The number of nitrogens with zero attached hydrogens (tertiary/aromatic N) is 2. The Kier molecular flexibility index (Phi) is 4.80. The monoisotopic (exact) mass is 239 g/mol. The maximum Gasteiger partial charge on any atom is 0.227 e. The summed E-state index contributed by atoms with van der Waals surface area (Å²) in [5.74, 6) is 0.620. The molecule has 0 spiro atoms. The van der Waals surface area contributed by atoms with E-state index in [4.69, 9.17) is 0 Å². The molecule has 2 heterocycles. The highest BCUT2D eigenvalue weighted by molar-refractivity contribution is 5.79. The Hall–Kier alpha value is -0.610. The van der Waals surface area contributed by atoms with Crippen LogP contribution in [0, 0.1) is 5.92 Å². The van der Waals surface area contributed by atoms with Crippen molar-refractivity contribution >= 4 is 5.91 Å². The molecule has 2 saturated heterocycles. The molecule has 2 fully saturated rings. The van der Waals surface area contributed by atoms with E-state index in [0.29, 0.717) is 5.91 Å². The van der Waals surface area contributed by atoms with Crippen LogP contribution < -0.4 is 5.32 Å². The Balaban J connectivity index is 1.77. The van der Waals surface area contributed by atoms with Crippen LogP contribution in [0.3, 0.4) is 0 Å². The molecule has 2 rings (SSSR count). The van der Waals surface area contributed by atoms with Gasteiger partial charge >= 0.3 is 0 Å². The molecule has 0 unspecified atom stereocenters. The third-order valence-electron chi connectivity index (χ3n) is 3.87. The zero-order valence-electron chi connectivity index (χ0n) is 11.0. The molecule has 0 aliphatic carbocycles. The van der Waals surface area contributed by atoms with E-state index in [0.717, 1.165) is 52.1 Å². The predicted octanol–water partition coefficient (Wildman–Crippen LogP) is 0.540. The summed E-state index contributed by atoms with van der Waals surface area (Å²) in [4.78, 5) is 16.8. The molecule has 2 aliphatic heterocycles. The quantitative estimate of drug-likeness (QED) is 0.781. The largest absolute Gasteiger partial charge is 0.340 e. The number of hydrogen-bond acceptors (Lipinski definition) is 3. The predicted molar refractivity (Wildman–Crippen MR) is 68.9 cm³/mol. The normalized spacial score (nSPS) is 27.1. The van der Waals surface area contributed by atoms with E-state index in [-0.39, 0.29) is 5.92 Å². The minimum atomic E-state index is 0.237. The molecule has 0 aromatic carbocycles. The summed E-state index contributed by atoms with van der Waals surface area (Å²) in [6.45, 7) is 9.31. The van der Waals surface area contributed by atoms with Crippen LogP contribution >= 0.6 is 0 Å². The van der Waals surface area contributed by atoms with Gasteiger partial charge in [-0.2, -0.15) is 0 Å². The fraction of sp³-hybridized carbons (Fsp3) is 0.923. The fourth-order valence-corrected chi connectivity index (χ4v) is 2.83. The smallest absolute Gasteiger partial charge is 0.227 e. The molecule has 1 amide bonds. The van der Waals surface area contributed by atoms with Gasteiger partial charge in [-0.3, -0.25) is 9.69 Å². The van der Waals surface area contributed by atoms with E-state index in [1.807, 2.05) is 0 Å². The molecule has 1 atom stereocenters. The van der Waals surface area contributed by atoms with E-state index in [2.05, 4.69) is 22.0 Å². The molecular formula is C13H25N3O. The van der Waals surface area contributed by atoms with Crippen molar-refractivity contribution < 1.29 is 4.79 Å². The topological polar surface area (TPSA) is 35.6 Å². The van der Waals surface area contributed by atoms with Gasteiger partial charge in [-0.05, 0) is 32.4 Å². The van der Waals surface area contributed by atoms with Crippen molar-refractivity contribution in [3.63, 3.8) is 0 Å². The summed E-state index contributed by atoms with van der Waals surface area (Å²) < 4.78 is 0. The first-order valence-electron chi connectivity index (χ1n) is 7.03. The Morgan fingerprint density at radius 1 is 1.29 bits per heavy atom. The molecule has 0 aromatic rings. The first-order chi connectivity index (χ1) is 8.31. The molecule has 4 nitrogen and oxygen atoms in total. The molecule has 98 valence electrons. The lowest BCUT2D eigenvalue weighted by atomic mass is 9.98. The van der Waals surface area contributed by atoms with Crippen molar-refractivity contribution in [3.8, 4) is 0 Å². The lowest BCUT2D eigenvalue weighted by molar-refractivity contribution is -0.137. The van der Waals surface area contributed by atoms with Crippen LogP contribution in [0.15, 0.2) is 0 Å². The zero-order valence-corrected chi connectivity index (χ0v) is 11.0. The van der Waals surface area contributed by atoms with Crippen molar-refractivity contribution in [1.82, 2.24) is 15.1 Å². The van der Waals surface area contributed by atoms with Gasteiger partial charge < -0.3 is 10.2 Å². The summed E-state index contributed by atoms with van der Waals surface area (Å²) in [7, 11) is 0. The summed E-state index contributed by atoms with van der Waals surface area (Å²) >= 11 is 0. The summed E-state index contributed by atoms with van der Waals surface area (Å²) in [6.07, 6.45) is 3.42. The Labute approximate surface area is 104 Å². The van der Waals surface area contributed by atoms with Gasteiger partial charge in [-0.15, -0.1) is 0 Å². The van der Waals surface area contributed by atoms with Crippen LogP contribution in [0.4, 0.5) is 0 Å². The van der Waals surface area contributed by atoms with Gasteiger partial charge in [0.1, 0.15) is 0 Å². The first kappa shape index (κ1) is 12.8. The van der Waals surface area contributed by atoms with E-state index in [9.17, 15) is 4.79 Å². The van der Waals surface area contributed by atoms with E-state index in [1.165, 1.54) is 13.0 Å². The summed E-state index contributed by atoms with van der Waals surface area (Å²) in [5.41, 5.74) is 0. The van der Waals surface area contributed by atoms with Gasteiger partial charge in [0, 0.05) is 32.7 Å². The Bertz CT molecular complexity index is 243. The van der Waals surface area contributed by atoms with Crippen LogP contribution in [0.1, 0.15) is 26.2 Å². The molecule has 0 radical (unpaired) electrons. The summed E-state index contributed by atoms with van der Waals surface area (Å²) in [6, 6.07) is 0. The SMILES string of the molecule is CCCN1CCN(C(=O)[C@H]2CCCNC2)CC1. The lowest BCUT2D eigenvalue weighted by Crippen LogP contribution is -2.52. The third-order valence-corrected chi connectivity index (χ3v) is 3.87. The van der Waals surface area contributed by atoms with Gasteiger partial charge in [0.25, 0.3) is 0 Å². The molecule has 2 aliphatic rings. The third kappa shape index (κ3) is 3.42. The van der Waals surface area contributed by atoms with Gasteiger partial charge in [0.2, 0.25) is 5.91 Å². The highest BCUT2D eigenvalue weighted by atomic mass is 16.2. The van der Waals surface area contributed by atoms with E-state index in [1.54, 1.807) is 0 Å². The van der Waals surface area contributed by atoms with Crippen LogP contribution in [-0.4, -0.2) is 61.5 Å². The fourth-order valence-electron chi connectivity index (χ4n) is 2.83. The molecule has 0 aromatic heterocycles.